The summed E-state index contributed by atoms with van der Waals surface area (Å²) in [6, 6.07) is 12.0. The standard InChI is InChI=1S/C18H12BrFN2O3S/c19-11-6-4-10(5-7-11)14-9-26-16(15(14)17(23)24)22-18(25)21-13-3-1-2-12(20)8-13/h1-9H,(H,23,24)(H2,21,22,25). The van der Waals surface area contributed by atoms with Gasteiger partial charge >= 0.3 is 12.0 Å². The lowest BCUT2D eigenvalue weighted by Crippen LogP contribution is -2.20. The number of halogens is 2. The number of hydrogen-bond acceptors (Lipinski definition) is 3. The van der Waals surface area contributed by atoms with Gasteiger partial charge in [-0.1, -0.05) is 34.1 Å². The van der Waals surface area contributed by atoms with Gasteiger partial charge in [-0.3, -0.25) is 5.32 Å². The van der Waals surface area contributed by atoms with Gasteiger partial charge < -0.3 is 10.4 Å². The van der Waals surface area contributed by atoms with Gasteiger partial charge in [0.05, 0.1) is 0 Å². The molecule has 26 heavy (non-hydrogen) atoms. The van der Waals surface area contributed by atoms with Crippen molar-refractivity contribution in [2.24, 2.45) is 0 Å². The maximum atomic E-state index is 13.2. The van der Waals surface area contributed by atoms with E-state index in [2.05, 4.69) is 26.6 Å². The molecule has 0 unspecified atom stereocenters. The molecule has 0 fully saturated rings. The third-order valence-electron chi connectivity index (χ3n) is 3.47. The lowest BCUT2D eigenvalue weighted by molar-refractivity contribution is 0.0699. The molecule has 1 heterocycles. The van der Waals surface area contributed by atoms with Gasteiger partial charge in [0.15, 0.2) is 0 Å². The van der Waals surface area contributed by atoms with Gasteiger partial charge in [0.2, 0.25) is 0 Å². The fourth-order valence-electron chi connectivity index (χ4n) is 2.34. The molecule has 132 valence electrons. The average Bonchev–Trinajstić information content (AvgIpc) is 2.99. The summed E-state index contributed by atoms with van der Waals surface area (Å²) >= 11 is 4.44. The van der Waals surface area contributed by atoms with Crippen LogP contribution in [-0.4, -0.2) is 17.1 Å². The predicted octanol–water partition coefficient (Wildman–Crippen LogP) is 5.66. The van der Waals surface area contributed by atoms with E-state index in [1.54, 1.807) is 17.5 Å². The van der Waals surface area contributed by atoms with Crippen molar-refractivity contribution >= 4 is 50.0 Å². The second-order valence-corrected chi connectivity index (χ2v) is 7.05. The van der Waals surface area contributed by atoms with Crippen molar-refractivity contribution in [3.63, 3.8) is 0 Å². The van der Waals surface area contributed by atoms with Crippen LogP contribution >= 0.6 is 27.3 Å². The number of carbonyl (C=O) groups excluding carboxylic acids is 1. The summed E-state index contributed by atoms with van der Waals surface area (Å²) in [5, 5.41) is 16.4. The molecular formula is C18H12BrFN2O3S. The molecule has 0 aliphatic heterocycles. The molecule has 0 aliphatic carbocycles. The molecule has 2 aromatic carbocycles. The largest absolute Gasteiger partial charge is 0.478 e. The summed E-state index contributed by atoms with van der Waals surface area (Å²) in [5.74, 6) is -1.63. The van der Waals surface area contributed by atoms with Crippen LogP contribution in [0.5, 0.6) is 0 Å². The first-order valence-electron chi connectivity index (χ1n) is 7.38. The molecule has 0 saturated heterocycles. The Morgan fingerprint density at radius 1 is 1.08 bits per heavy atom. The molecule has 0 bridgehead atoms. The van der Waals surface area contributed by atoms with Crippen LogP contribution in [-0.2, 0) is 0 Å². The van der Waals surface area contributed by atoms with E-state index in [0.717, 1.165) is 21.4 Å². The van der Waals surface area contributed by atoms with Crippen molar-refractivity contribution in [2.45, 2.75) is 0 Å². The van der Waals surface area contributed by atoms with E-state index in [1.807, 2.05) is 12.1 Å². The summed E-state index contributed by atoms with van der Waals surface area (Å²) in [4.78, 5) is 23.8. The number of nitrogens with one attached hydrogen (secondary N) is 2. The van der Waals surface area contributed by atoms with E-state index in [4.69, 9.17) is 0 Å². The van der Waals surface area contributed by atoms with Crippen LogP contribution in [0.25, 0.3) is 11.1 Å². The SMILES string of the molecule is O=C(Nc1cccc(F)c1)Nc1scc(-c2ccc(Br)cc2)c1C(=O)O. The van der Waals surface area contributed by atoms with Gasteiger partial charge in [0, 0.05) is 21.1 Å². The second-order valence-electron chi connectivity index (χ2n) is 5.26. The van der Waals surface area contributed by atoms with Gasteiger partial charge in [0.25, 0.3) is 0 Å². The van der Waals surface area contributed by atoms with Crippen LogP contribution in [0.3, 0.4) is 0 Å². The van der Waals surface area contributed by atoms with E-state index in [-0.39, 0.29) is 16.3 Å². The van der Waals surface area contributed by atoms with Crippen LogP contribution in [0.4, 0.5) is 19.9 Å². The van der Waals surface area contributed by atoms with Crippen molar-refractivity contribution in [3.05, 3.63) is 69.8 Å². The highest BCUT2D eigenvalue weighted by atomic mass is 79.9. The Morgan fingerprint density at radius 2 is 1.81 bits per heavy atom. The molecule has 0 radical (unpaired) electrons. The topological polar surface area (TPSA) is 78.4 Å². The molecule has 3 N–H and O–H groups in total. The fourth-order valence-corrected chi connectivity index (χ4v) is 3.56. The first-order valence-corrected chi connectivity index (χ1v) is 9.05. The normalized spacial score (nSPS) is 10.4. The van der Waals surface area contributed by atoms with Crippen LogP contribution in [0.15, 0.2) is 58.4 Å². The number of carbonyl (C=O) groups is 2. The minimum absolute atomic E-state index is 0.00622. The Labute approximate surface area is 160 Å². The Morgan fingerprint density at radius 3 is 2.46 bits per heavy atom. The number of urea groups is 1. The van der Waals surface area contributed by atoms with Crippen molar-refractivity contribution in [2.75, 3.05) is 10.6 Å². The molecule has 5 nitrogen and oxygen atoms in total. The maximum Gasteiger partial charge on any atom is 0.339 e. The highest BCUT2D eigenvalue weighted by Gasteiger charge is 2.21. The molecule has 0 saturated carbocycles. The molecule has 0 spiro atoms. The van der Waals surface area contributed by atoms with Gasteiger partial charge in [0.1, 0.15) is 16.4 Å². The highest BCUT2D eigenvalue weighted by molar-refractivity contribution is 9.10. The Kier molecular flexibility index (Phi) is 5.34. The van der Waals surface area contributed by atoms with Crippen LogP contribution in [0.2, 0.25) is 0 Å². The number of anilines is 2. The van der Waals surface area contributed by atoms with E-state index < -0.39 is 17.8 Å². The summed E-state index contributed by atoms with van der Waals surface area (Å²) in [6.45, 7) is 0. The third-order valence-corrected chi connectivity index (χ3v) is 4.89. The van der Waals surface area contributed by atoms with Crippen molar-refractivity contribution in [3.8, 4) is 11.1 Å². The zero-order chi connectivity index (χ0) is 18.7. The fraction of sp³-hybridized carbons (Fsp3) is 0. The zero-order valence-corrected chi connectivity index (χ0v) is 15.5. The highest BCUT2D eigenvalue weighted by Crippen LogP contribution is 2.36. The number of carboxylic acid groups (broad SMARTS) is 1. The second kappa shape index (κ2) is 7.67. The number of aromatic carboxylic acids is 1. The van der Waals surface area contributed by atoms with Crippen molar-refractivity contribution < 1.29 is 19.1 Å². The lowest BCUT2D eigenvalue weighted by atomic mass is 10.0. The zero-order valence-electron chi connectivity index (χ0n) is 13.1. The molecule has 2 amide bonds. The van der Waals surface area contributed by atoms with E-state index in [9.17, 15) is 19.1 Å². The summed E-state index contributed by atoms with van der Waals surface area (Å²) in [6.07, 6.45) is 0. The summed E-state index contributed by atoms with van der Waals surface area (Å²) in [5.41, 5.74) is 1.51. The lowest BCUT2D eigenvalue weighted by Gasteiger charge is -2.08. The van der Waals surface area contributed by atoms with Crippen molar-refractivity contribution in [1.29, 1.82) is 0 Å². The van der Waals surface area contributed by atoms with E-state index in [0.29, 0.717) is 5.56 Å². The third kappa shape index (κ3) is 4.09. The minimum Gasteiger partial charge on any atom is -0.478 e. The Hall–Kier alpha value is -2.71. The summed E-state index contributed by atoms with van der Waals surface area (Å²) < 4.78 is 14.1. The molecule has 3 rings (SSSR count). The molecular weight excluding hydrogens is 423 g/mol. The minimum atomic E-state index is -1.15. The predicted molar refractivity (Wildman–Crippen MR) is 103 cm³/mol. The van der Waals surface area contributed by atoms with Gasteiger partial charge in [-0.15, -0.1) is 11.3 Å². The molecule has 1 aromatic heterocycles. The molecule has 0 atom stereocenters. The van der Waals surface area contributed by atoms with Crippen LogP contribution in [0, 0.1) is 5.82 Å². The Balaban J connectivity index is 1.85. The number of benzene rings is 2. The van der Waals surface area contributed by atoms with E-state index >= 15 is 0 Å². The number of amides is 2. The monoisotopic (exact) mass is 434 g/mol. The Bertz CT molecular complexity index is 973. The number of thiophene rings is 1. The average molecular weight is 435 g/mol. The first-order chi connectivity index (χ1) is 12.4. The number of hydrogen-bond donors (Lipinski definition) is 3. The maximum absolute atomic E-state index is 13.2. The quantitative estimate of drug-likeness (QED) is 0.495. The first kappa shape index (κ1) is 18.1. The van der Waals surface area contributed by atoms with Crippen LogP contribution in [0.1, 0.15) is 10.4 Å². The smallest absolute Gasteiger partial charge is 0.339 e. The summed E-state index contributed by atoms with van der Waals surface area (Å²) in [7, 11) is 0. The van der Waals surface area contributed by atoms with Crippen LogP contribution < -0.4 is 10.6 Å². The molecule has 0 aliphatic rings. The molecule has 8 heteroatoms. The van der Waals surface area contributed by atoms with Gasteiger partial charge in [-0.2, -0.15) is 0 Å². The number of rotatable bonds is 4. The van der Waals surface area contributed by atoms with Gasteiger partial charge in [-0.05, 0) is 35.9 Å². The van der Waals surface area contributed by atoms with E-state index in [1.165, 1.54) is 24.3 Å². The van der Waals surface area contributed by atoms with Gasteiger partial charge in [-0.25, -0.2) is 14.0 Å². The van der Waals surface area contributed by atoms with Crippen molar-refractivity contribution in [1.82, 2.24) is 0 Å². The molecule has 3 aromatic rings. The number of carboxylic acids is 1.